The molecule has 23 heavy (non-hydrogen) atoms. The normalized spacial score (nSPS) is 14.5. The standard InChI is InChI=1S/C17H22N4O2/c1-17(2,3)11-4-6-12(7-5-11)18-16(23)21-9-8-14-13(10-21)15(22)20-19-14/h4-7H,8-10H2,1-3H3,(H,18,23)(H2,19,20,22). The van der Waals surface area contributed by atoms with Crippen molar-refractivity contribution in [3.05, 3.63) is 51.4 Å². The number of hydrogen-bond donors (Lipinski definition) is 3. The molecule has 2 heterocycles. The molecular weight excluding hydrogens is 292 g/mol. The molecule has 0 radical (unpaired) electrons. The first-order chi connectivity index (χ1) is 10.8. The van der Waals surface area contributed by atoms with Gasteiger partial charge in [-0.05, 0) is 23.1 Å². The number of urea groups is 1. The summed E-state index contributed by atoms with van der Waals surface area (Å²) in [5.41, 5.74) is 3.46. The monoisotopic (exact) mass is 314 g/mol. The molecule has 122 valence electrons. The molecule has 0 aliphatic carbocycles. The van der Waals surface area contributed by atoms with E-state index in [-0.39, 0.29) is 17.0 Å². The van der Waals surface area contributed by atoms with Crippen molar-refractivity contribution in [3.63, 3.8) is 0 Å². The number of amides is 2. The van der Waals surface area contributed by atoms with Crippen LogP contribution in [0.15, 0.2) is 29.1 Å². The first kappa shape index (κ1) is 15.4. The van der Waals surface area contributed by atoms with E-state index in [4.69, 9.17) is 0 Å². The van der Waals surface area contributed by atoms with E-state index in [1.807, 2.05) is 24.3 Å². The minimum absolute atomic E-state index is 0.0844. The van der Waals surface area contributed by atoms with Gasteiger partial charge in [-0.15, -0.1) is 0 Å². The van der Waals surface area contributed by atoms with Crippen LogP contribution in [0.25, 0.3) is 0 Å². The Bertz CT molecular complexity index is 765. The van der Waals surface area contributed by atoms with Crippen molar-refractivity contribution in [1.29, 1.82) is 0 Å². The lowest BCUT2D eigenvalue weighted by Gasteiger charge is -2.26. The maximum atomic E-state index is 12.4. The van der Waals surface area contributed by atoms with Gasteiger partial charge in [-0.3, -0.25) is 9.89 Å². The van der Waals surface area contributed by atoms with Gasteiger partial charge >= 0.3 is 6.03 Å². The molecule has 3 N–H and O–H groups in total. The molecule has 0 fully saturated rings. The number of carbonyl (C=O) groups is 1. The zero-order valence-electron chi connectivity index (χ0n) is 13.7. The van der Waals surface area contributed by atoms with Crippen LogP contribution < -0.4 is 10.9 Å². The zero-order valence-corrected chi connectivity index (χ0v) is 13.7. The van der Waals surface area contributed by atoms with Gasteiger partial charge in [-0.1, -0.05) is 32.9 Å². The number of anilines is 1. The second kappa shape index (κ2) is 5.61. The highest BCUT2D eigenvalue weighted by molar-refractivity contribution is 5.89. The largest absolute Gasteiger partial charge is 0.322 e. The smallest absolute Gasteiger partial charge is 0.320 e. The molecule has 0 saturated carbocycles. The predicted octanol–water partition coefficient (Wildman–Crippen LogP) is 2.59. The molecule has 0 saturated heterocycles. The lowest BCUT2D eigenvalue weighted by atomic mass is 9.87. The lowest BCUT2D eigenvalue weighted by Crippen LogP contribution is -2.40. The second-order valence-corrected chi connectivity index (χ2v) is 6.97. The summed E-state index contributed by atoms with van der Waals surface area (Å²) in [4.78, 5) is 25.7. The van der Waals surface area contributed by atoms with Gasteiger partial charge in [-0.25, -0.2) is 4.79 Å². The number of carbonyl (C=O) groups excluding carboxylic acids is 1. The van der Waals surface area contributed by atoms with E-state index < -0.39 is 0 Å². The summed E-state index contributed by atoms with van der Waals surface area (Å²) in [6.07, 6.45) is 0.657. The molecule has 1 aliphatic rings. The Morgan fingerprint density at radius 3 is 2.52 bits per heavy atom. The van der Waals surface area contributed by atoms with Gasteiger partial charge in [0.1, 0.15) is 0 Å². The van der Waals surface area contributed by atoms with E-state index in [0.717, 1.165) is 11.4 Å². The fraction of sp³-hybridized carbons (Fsp3) is 0.412. The topological polar surface area (TPSA) is 81.0 Å². The molecule has 0 bridgehead atoms. The van der Waals surface area contributed by atoms with Gasteiger partial charge in [0.15, 0.2) is 0 Å². The molecule has 6 heteroatoms. The number of fused-ring (bicyclic) bond motifs is 1. The van der Waals surface area contributed by atoms with E-state index >= 15 is 0 Å². The number of nitrogens with zero attached hydrogens (tertiary/aromatic N) is 1. The molecule has 1 aromatic carbocycles. The fourth-order valence-corrected chi connectivity index (χ4v) is 2.75. The molecular formula is C17H22N4O2. The number of hydrogen-bond acceptors (Lipinski definition) is 2. The number of nitrogens with one attached hydrogen (secondary N) is 3. The third-order valence-corrected chi connectivity index (χ3v) is 4.24. The first-order valence-corrected chi connectivity index (χ1v) is 7.79. The van der Waals surface area contributed by atoms with E-state index in [9.17, 15) is 9.59 Å². The summed E-state index contributed by atoms with van der Waals surface area (Å²) < 4.78 is 0. The van der Waals surface area contributed by atoms with Crippen LogP contribution in [-0.2, 0) is 18.4 Å². The molecule has 1 aromatic heterocycles. The van der Waals surface area contributed by atoms with Crippen LogP contribution >= 0.6 is 0 Å². The first-order valence-electron chi connectivity index (χ1n) is 7.79. The molecule has 2 aromatic rings. The number of H-pyrrole nitrogens is 2. The number of benzene rings is 1. The minimum Gasteiger partial charge on any atom is -0.320 e. The SMILES string of the molecule is CC(C)(C)c1ccc(NC(=O)N2CCc3[nH][nH]c(=O)c3C2)cc1. The Hall–Kier alpha value is -2.50. The van der Waals surface area contributed by atoms with Crippen molar-refractivity contribution >= 4 is 11.7 Å². The van der Waals surface area contributed by atoms with Gasteiger partial charge in [-0.2, -0.15) is 0 Å². The summed E-state index contributed by atoms with van der Waals surface area (Å²) in [6.45, 7) is 7.38. The van der Waals surface area contributed by atoms with Gasteiger partial charge in [0.05, 0.1) is 12.1 Å². The maximum Gasteiger partial charge on any atom is 0.322 e. The average Bonchev–Trinajstić information content (AvgIpc) is 2.88. The van der Waals surface area contributed by atoms with Crippen molar-refractivity contribution in [2.75, 3.05) is 11.9 Å². The van der Waals surface area contributed by atoms with Crippen LogP contribution in [0.1, 0.15) is 37.6 Å². The van der Waals surface area contributed by atoms with E-state index in [1.54, 1.807) is 4.90 Å². The minimum atomic E-state index is -0.181. The highest BCUT2D eigenvalue weighted by Gasteiger charge is 2.24. The van der Waals surface area contributed by atoms with Crippen molar-refractivity contribution in [1.82, 2.24) is 15.1 Å². The lowest BCUT2D eigenvalue weighted by molar-refractivity contribution is 0.206. The maximum absolute atomic E-state index is 12.4. The number of aromatic nitrogens is 2. The molecule has 6 nitrogen and oxygen atoms in total. The highest BCUT2D eigenvalue weighted by Crippen LogP contribution is 2.23. The van der Waals surface area contributed by atoms with E-state index in [2.05, 4.69) is 36.3 Å². The third kappa shape index (κ3) is 3.16. The summed E-state index contributed by atoms with van der Waals surface area (Å²) in [5, 5.41) is 8.33. The van der Waals surface area contributed by atoms with Crippen LogP contribution in [0.4, 0.5) is 10.5 Å². The Labute approximate surface area is 134 Å². The van der Waals surface area contributed by atoms with Gasteiger partial charge in [0.2, 0.25) is 0 Å². The van der Waals surface area contributed by atoms with Crippen molar-refractivity contribution in [2.45, 2.75) is 39.2 Å². The van der Waals surface area contributed by atoms with Crippen LogP contribution in [0.5, 0.6) is 0 Å². The predicted molar refractivity (Wildman–Crippen MR) is 89.7 cm³/mol. The third-order valence-electron chi connectivity index (χ3n) is 4.24. The quantitative estimate of drug-likeness (QED) is 0.756. The van der Waals surface area contributed by atoms with Crippen molar-refractivity contribution < 1.29 is 4.79 Å². The summed E-state index contributed by atoms with van der Waals surface area (Å²) in [5.74, 6) is 0. The van der Waals surface area contributed by atoms with Crippen molar-refractivity contribution in [3.8, 4) is 0 Å². The van der Waals surface area contributed by atoms with Crippen LogP contribution in [0, 0.1) is 0 Å². The number of rotatable bonds is 1. The molecule has 2 amide bonds. The summed E-state index contributed by atoms with van der Waals surface area (Å²) >= 11 is 0. The second-order valence-electron chi connectivity index (χ2n) is 6.97. The van der Waals surface area contributed by atoms with E-state index in [0.29, 0.717) is 25.1 Å². The van der Waals surface area contributed by atoms with Gasteiger partial charge in [0, 0.05) is 24.3 Å². The Balaban J connectivity index is 1.68. The molecule has 1 aliphatic heterocycles. The van der Waals surface area contributed by atoms with Crippen LogP contribution in [-0.4, -0.2) is 27.7 Å². The molecule has 0 spiro atoms. The molecule has 3 rings (SSSR count). The summed E-state index contributed by atoms with van der Waals surface area (Å²) in [7, 11) is 0. The van der Waals surface area contributed by atoms with E-state index in [1.165, 1.54) is 5.56 Å². The van der Waals surface area contributed by atoms with Crippen molar-refractivity contribution in [2.24, 2.45) is 0 Å². The Morgan fingerprint density at radius 1 is 1.17 bits per heavy atom. The molecule has 0 unspecified atom stereocenters. The Morgan fingerprint density at radius 2 is 1.87 bits per heavy atom. The van der Waals surface area contributed by atoms with Gasteiger partial charge < -0.3 is 15.3 Å². The van der Waals surface area contributed by atoms with Gasteiger partial charge in [0.25, 0.3) is 5.56 Å². The number of aromatic amines is 2. The summed E-state index contributed by atoms with van der Waals surface area (Å²) in [6, 6.07) is 7.70. The highest BCUT2D eigenvalue weighted by atomic mass is 16.2. The van der Waals surface area contributed by atoms with Crippen LogP contribution in [0.2, 0.25) is 0 Å². The molecule has 0 atom stereocenters. The zero-order chi connectivity index (χ0) is 16.6. The average molecular weight is 314 g/mol. The Kier molecular flexibility index (Phi) is 3.75. The fourth-order valence-electron chi connectivity index (χ4n) is 2.75. The van der Waals surface area contributed by atoms with Crippen LogP contribution in [0.3, 0.4) is 0 Å².